The lowest BCUT2D eigenvalue weighted by atomic mass is 10.2. The second-order valence-corrected chi connectivity index (χ2v) is 3.62. The molecule has 88 valence electrons. The molecule has 0 radical (unpaired) electrons. The van der Waals surface area contributed by atoms with Crippen LogP contribution >= 0.6 is 0 Å². The maximum atomic E-state index is 5.73. The van der Waals surface area contributed by atoms with Crippen molar-refractivity contribution in [2.45, 2.75) is 6.92 Å². The van der Waals surface area contributed by atoms with Gasteiger partial charge in [-0.3, -0.25) is 0 Å². The van der Waals surface area contributed by atoms with Gasteiger partial charge in [0.15, 0.2) is 0 Å². The van der Waals surface area contributed by atoms with Gasteiger partial charge in [0.1, 0.15) is 0 Å². The third-order valence-corrected chi connectivity index (χ3v) is 2.35. The van der Waals surface area contributed by atoms with Crippen LogP contribution in [0.1, 0.15) is 5.56 Å². The molecule has 0 bridgehead atoms. The smallest absolute Gasteiger partial charge is 0.230 e. The monoisotopic (exact) mass is 230 g/mol. The van der Waals surface area contributed by atoms with Crippen molar-refractivity contribution in [2.24, 2.45) is 0 Å². The van der Waals surface area contributed by atoms with Gasteiger partial charge in [-0.05, 0) is 24.6 Å². The molecule has 3 N–H and O–H groups in total. The second kappa shape index (κ2) is 4.69. The third-order valence-electron chi connectivity index (χ3n) is 2.35. The Labute approximate surface area is 99.7 Å². The number of rotatable bonds is 3. The Hall–Kier alpha value is -2.30. The summed E-state index contributed by atoms with van der Waals surface area (Å²) in [4.78, 5) is 8.28. The summed E-state index contributed by atoms with van der Waals surface area (Å²) in [6.45, 7) is 1.99. The number of nitrogens with two attached hydrogens (primary N) is 1. The fraction of sp³-hybridized carbons (Fsp3) is 0.167. The molecular formula is C12H14N4O. The zero-order chi connectivity index (χ0) is 12.3. The Morgan fingerprint density at radius 1 is 1.29 bits per heavy atom. The molecule has 0 aliphatic heterocycles. The summed E-state index contributed by atoms with van der Waals surface area (Å²) in [6.07, 6.45) is 1.63. The van der Waals surface area contributed by atoms with Crippen molar-refractivity contribution in [2.75, 3.05) is 18.2 Å². The molecular weight excluding hydrogens is 216 g/mol. The Morgan fingerprint density at radius 2 is 2.12 bits per heavy atom. The Morgan fingerprint density at radius 3 is 2.88 bits per heavy atom. The fourth-order valence-electron chi connectivity index (χ4n) is 1.41. The highest BCUT2D eigenvalue weighted by Gasteiger charge is 2.03. The van der Waals surface area contributed by atoms with E-state index >= 15 is 0 Å². The van der Waals surface area contributed by atoms with Gasteiger partial charge in [0, 0.05) is 23.6 Å². The quantitative estimate of drug-likeness (QED) is 0.790. The van der Waals surface area contributed by atoms with Crippen molar-refractivity contribution in [1.82, 2.24) is 9.97 Å². The van der Waals surface area contributed by atoms with E-state index in [-0.39, 0.29) is 0 Å². The number of nitrogens with one attached hydrogen (secondary N) is 1. The largest absolute Gasteiger partial charge is 0.481 e. The zero-order valence-corrected chi connectivity index (χ0v) is 9.77. The standard InChI is InChI=1S/C12H14N4O/c1-8-3-4-9(13)7-10(8)15-12-14-6-5-11(16-12)17-2/h3-7H,13H2,1-2H3,(H,14,15,16). The van der Waals surface area contributed by atoms with Crippen molar-refractivity contribution >= 4 is 17.3 Å². The van der Waals surface area contributed by atoms with Gasteiger partial charge in [-0.1, -0.05) is 6.07 Å². The fourth-order valence-corrected chi connectivity index (χ4v) is 1.41. The number of anilines is 3. The molecule has 0 amide bonds. The first-order valence-corrected chi connectivity index (χ1v) is 5.19. The summed E-state index contributed by atoms with van der Waals surface area (Å²) >= 11 is 0. The zero-order valence-electron chi connectivity index (χ0n) is 9.77. The summed E-state index contributed by atoms with van der Waals surface area (Å²) in [5, 5.41) is 3.11. The molecule has 0 aliphatic rings. The third kappa shape index (κ3) is 2.63. The van der Waals surface area contributed by atoms with Crippen LogP contribution in [0.4, 0.5) is 17.3 Å². The number of aryl methyl sites for hydroxylation is 1. The summed E-state index contributed by atoms with van der Waals surface area (Å²) < 4.78 is 5.03. The van der Waals surface area contributed by atoms with Crippen LogP contribution in [-0.2, 0) is 0 Å². The number of ether oxygens (including phenoxy) is 1. The highest BCUT2D eigenvalue weighted by Crippen LogP contribution is 2.21. The molecule has 0 saturated heterocycles. The molecule has 0 saturated carbocycles. The second-order valence-electron chi connectivity index (χ2n) is 3.62. The SMILES string of the molecule is COc1ccnc(Nc2cc(N)ccc2C)n1. The maximum absolute atomic E-state index is 5.73. The van der Waals surface area contributed by atoms with Crippen LogP contribution in [0.3, 0.4) is 0 Å². The molecule has 5 nitrogen and oxygen atoms in total. The van der Waals surface area contributed by atoms with Gasteiger partial charge in [-0.15, -0.1) is 0 Å². The van der Waals surface area contributed by atoms with Crippen molar-refractivity contribution in [3.8, 4) is 5.88 Å². The predicted molar refractivity (Wildman–Crippen MR) is 67.5 cm³/mol. The van der Waals surface area contributed by atoms with E-state index in [4.69, 9.17) is 10.5 Å². The number of aromatic nitrogens is 2. The van der Waals surface area contributed by atoms with Crippen LogP contribution in [0.15, 0.2) is 30.5 Å². The number of hydrogen-bond donors (Lipinski definition) is 2. The van der Waals surface area contributed by atoms with Crippen LogP contribution < -0.4 is 15.8 Å². The lowest BCUT2D eigenvalue weighted by molar-refractivity contribution is 0.397. The van der Waals surface area contributed by atoms with Gasteiger partial charge in [-0.2, -0.15) is 4.98 Å². The lowest BCUT2D eigenvalue weighted by Gasteiger charge is -2.09. The molecule has 2 rings (SSSR count). The topological polar surface area (TPSA) is 73.1 Å². The Bertz CT molecular complexity index is 528. The van der Waals surface area contributed by atoms with Gasteiger partial charge in [0.2, 0.25) is 11.8 Å². The predicted octanol–water partition coefficient (Wildman–Crippen LogP) is 2.12. The maximum Gasteiger partial charge on any atom is 0.230 e. The van der Waals surface area contributed by atoms with Crippen LogP contribution in [0.25, 0.3) is 0 Å². The average molecular weight is 230 g/mol. The summed E-state index contributed by atoms with van der Waals surface area (Å²) in [5.41, 5.74) is 8.39. The number of hydrogen-bond acceptors (Lipinski definition) is 5. The molecule has 0 unspecified atom stereocenters. The normalized spacial score (nSPS) is 10.0. The van der Waals surface area contributed by atoms with E-state index in [0.717, 1.165) is 11.3 Å². The lowest BCUT2D eigenvalue weighted by Crippen LogP contribution is -2.00. The molecule has 5 heteroatoms. The van der Waals surface area contributed by atoms with Crippen LogP contribution in [0, 0.1) is 6.92 Å². The van der Waals surface area contributed by atoms with E-state index < -0.39 is 0 Å². The minimum absolute atomic E-state index is 0.484. The number of nitrogen functional groups attached to an aromatic ring is 1. The van der Waals surface area contributed by atoms with E-state index in [1.165, 1.54) is 0 Å². The molecule has 17 heavy (non-hydrogen) atoms. The van der Waals surface area contributed by atoms with Gasteiger partial charge in [0.25, 0.3) is 0 Å². The molecule has 0 fully saturated rings. The minimum atomic E-state index is 0.484. The van der Waals surface area contributed by atoms with Crippen LogP contribution in [0.2, 0.25) is 0 Å². The van der Waals surface area contributed by atoms with Gasteiger partial charge in [0.05, 0.1) is 7.11 Å². The van der Waals surface area contributed by atoms with Crippen LogP contribution in [0.5, 0.6) is 5.88 Å². The van der Waals surface area contributed by atoms with Gasteiger partial charge < -0.3 is 15.8 Å². The molecule has 2 aromatic rings. The number of nitrogens with zero attached hydrogens (tertiary/aromatic N) is 2. The van der Waals surface area contributed by atoms with Crippen molar-refractivity contribution < 1.29 is 4.74 Å². The Kier molecular flexibility index (Phi) is 3.09. The molecule has 0 aliphatic carbocycles. The first kappa shape index (κ1) is 11.2. The van der Waals surface area contributed by atoms with Gasteiger partial charge in [-0.25, -0.2) is 4.98 Å². The van der Waals surface area contributed by atoms with E-state index in [9.17, 15) is 0 Å². The average Bonchev–Trinajstić information content (AvgIpc) is 2.34. The highest BCUT2D eigenvalue weighted by atomic mass is 16.5. The van der Waals surface area contributed by atoms with Crippen molar-refractivity contribution in [1.29, 1.82) is 0 Å². The number of methoxy groups -OCH3 is 1. The van der Waals surface area contributed by atoms with Crippen molar-refractivity contribution in [3.05, 3.63) is 36.0 Å². The highest BCUT2D eigenvalue weighted by molar-refractivity contribution is 5.63. The van der Waals surface area contributed by atoms with Crippen LogP contribution in [-0.4, -0.2) is 17.1 Å². The number of benzene rings is 1. The van der Waals surface area contributed by atoms with E-state index in [0.29, 0.717) is 17.5 Å². The summed E-state index contributed by atoms with van der Waals surface area (Å²) in [5.74, 6) is 1.00. The van der Waals surface area contributed by atoms with Crippen molar-refractivity contribution in [3.63, 3.8) is 0 Å². The molecule has 0 atom stereocenters. The molecule has 1 aromatic carbocycles. The minimum Gasteiger partial charge on any atom is -0.481 e. The van der Waals surface area contributed by atoms with E-state index in [1.807, 2.05) is 25.1 Å². The first-order valence-electron chi connectivity index (χ1n) is 5.19. The van der Waals surface area contributed by atoms with E-state index in [1.54, 1.807) is 19.4 Å². The first-order chi connectivity index (χ1) is 8.19. The molecule has 0 spiro atoms. The summed E-state index contributed by atoms with van der Waals surface area (Å²) in [6, 6.07) is 7.33. The Balaban J connectivity index is 2.27. The van der Waals surface area contributed by atoms with Gasteiger partial charge >= 0.3 is 0 Å². The molecule has 1 aromatic heterocycles. The van der Waals surface area contributed by atoms with E-state index in [2.05, 4.69) is 15.3 Å². The molecule has 1 heterocycles. The summed E-state index contributed by atoms with van der Waals surface area (Å²) in [7, 11) is 1.57.